The third-order valence-electron chi connectivity index (χ3n) is 7.91. The summed E-state index contributed by atoms with van der Waals surface area (Å²) in [7, 11) is 8.50. The molecule has 6 heteroatoms. The minimum Gasteiger partial charge on any atom is -0.313 e. The number of benzene rings is 3. The molecular weight excluding hydrogens is 492 g/mol. The van der Waals surface area contributed by atoms with Gasteiger partial charge in [-0.05, 0) is 87.8 Å². The van der Waals surface area contributed by atoms with E-state index >= 15 is 0 Å². The predicted octanol–water partition coefficient (Wildman–Crippen LogP) is 6.59. The number of nitrogens with zero attached hydrogens (tertiary/aromatic N) is 6. The highest BCUT2D eigenvalue weighted by Crippen LogP contribution is 2.35. The Hall–Kier alpha value is -4.52. The number of hydrogen-bond donors (Lipinski definition) is 0. The van der Waals surface area contributed by atoms with Crippen molar-refractivity contribution in [1.82, 2.24) is 28.6 Å². The lowest BCUT2D eigenvalue weighted by Gasteiger charge is -2.28. The molecule has 7 rings (SSSR count). The van der Waals surface area contributed by atoms with Crippen LogP contribution in [0.2, 0.25) is 0 Å². The van der Waals surface area contributed by atoms with Gasteiger partial charge < -0.3 is 8.80 Å². The summed E-state index contributed by atoms with van der Waals surface area (Å²) in [6.07, 6.45) is 4.25. The van der Waals surface area contributed by atoms with Gasteiger partial charge in [0, 0.05) is 12.4 Å². The predicted molar refractivity (Wildman–Crippen MR) is 163 cm³/mol. The largest absolute Gasteiger partial charge is 0.313 e. The van der Waals surface area contributed by atoms with E-state index < -0.39 is 0 Å². The molecule has 0 aliphatic carbocycles. The number of para-hydroxylation sites is 4. The fourth-order valence-corrected chi connectivity index (χ4v) is 6.16. The maximum atomic E-state index is 5.18. The Morgan fingerprint density at radius 1 is 0.475 bits per heavy atom. The second-order valence-electron chi connectivity index (χ2n) is 10.9. The third kappa shape index (κ3) is 3.87. The van der Waals surface area contributed by atoms with Gasteiger partial charge in [-0.2, -0.15) is 0 Å². The molecule has 3 aromatic carbocycles. The van der Waals surface area contributed by atoms with Crippen molar-refractivity contribution in [2.24, 2.45) is 0 Å². The number of aromatic nitrogens is 4. The highest BCUT2D eigenvalue weighted by Gasteiger charge is 2.25. The van der Waals surface area contributed by atoms with Gasteiger partial charge in [0.15, 0.2) is 0 Å². The molecular formula is C34H32N6. The van der Waals surface area contributed by atoms with E-state index in [-0.39, 0.29) is 12.1 Å². The van der Waals surface area contributed by atoms with Crippen molar-refractivity contribution >= 4 is 33.1 Å². The van der Waals surface area contributed by atoms with Gasteiger partial charge in [-0.15, -0.1) is 0 Å². The van der Waals surface area contributed by atoms with Crippen LogP contribution in [-0.4, -0.2) is 56.8 Å². The molecule has 4 aromatic heterocycles. The molecule has 40 heavy (non-hydrogen) atoms. The lowest BCUT2D eigenvalue weighted by molar-refractivity contribution is 0.334. The van der Waals surface area contributed by atoms with Gasteiger partial charge in [0.25, 0.3) is 0 Å². The Morgan fingerprint density at radius 2 is 0.850 bits per heavy atom. The molecule has 0 spiro atoms. The first-order valence-corrected chi connectivity index (χ1v) is 13.7. The number of fused-ring (bicyclic) bond motifs is 6. The fraction of sp³-hybridized carbons (Fsp3) is 0.176. The van der Waals surface area contributed by atoms with Gasteiger partial charge in [0.2, 0.25) is 0 Å². The Labute approximate surface area is 233 Å². The van der Waals surface area contributed by atoms with Gasteiger partial charge in [-0.25, -0.2) is 9.97 Å². The van der Waals surface area contributed by atoms with E-state index in [0.717, 1.165) is 44.5 Å². The van der Waals surface area contributed by atoms with Crippen molar-refractivity contribution in [2.75, 3.05) is 28.2 Å². The number of hydrogen-bond acceptors (Lipinski definition) is 4. The van der Waals surface area contributed by atoms with Crippen molar-refractivity contribution in [3.63, 3.8) is 0 Å². The van der Waals surface area contributed by atoms with Crippen LogP contribution in [-0.2, 0) is 0 Å². The summed E-state index contributed by atoms with van der Waals surface area (Å²) in [5.74, 6) is 0. The summed E-state index contributed by atoms with van der Waals surface area (Å²) in [5.41, 5.74) is 11.0. The molecule has 7 aromatic rings. The van der Waals surface area contributed by atoms with Gasteiger partial charge in [-0.3, -0.25) is 9.80 Å². The van der Waals surface area contributed by atoms with E-state index in [9.17, 15) is 0 Å². The SMILES string of the molecule is CN(C)C(c1ccc(C(c2nc3ccccc3n3cccc23)N(C)C)cc1)c1nc2ccccc2n2cccc12. The van der Waals surface area contributed by atoms with Gasteiger partial charge in [-0.1, -0.05) is 48.5 Å². The first-order valence-electron chi connectivity index (χ1n) is 13.7. The molecule has 0 fully saturated rings. The van der Waals surface area contributed by atoms with E-state index in [1.54, 1.807) is 0 Å². The maximum absolute atomic E-state index is 5.18. The molecule has 198 valence electrons. The quantitative estimate of drug-likeness (QED) is 0.246. The topological polar surface area (TPSA) is 41.1 Å². The second-order valence-corrected chi connectivity index (χ2v) is 10.9. The molecule has 0 saturated carbocycles. The molecule has 0 amide bonds. The normalized spacial score (nSPS) is 13.8. The van der Waals surface area contributed by atoms with Crippen LogP contribution in [0.4, 0.5) is 0 Å². The zero-order valence-electron chi connectivity index (χ0n) is 23.2. The Kier molecular flexibility index (Phi) is 5.88. The molecule has 0 aliphatic heterocycles. The monoisotopic (exact) mass is 524 g/mol. The molecule has 6 nitrogen and oxygen atoms in total. The average molecular weight is 525 g/mol. The molecule has 2 unspecified atom stereocenters. The van der Waals surface area contributed by atoms with E-state index in [2.05, 4.69) is 156 Å². The van der Waals surface area contributed by atoms with Crippen molar-refractivity contribution in [3.8, 4) is 0 Å². The highest BCUT2D eigenvalue weighted by molar-refractivity contribution is 5.81. The third-order valence-corrected chi connectivity index (χ3v) is 7.91. The van der Waals surface area contributed by atoms with Gasteiger partial charge >= 0.3 is 0 Å². The molecule has 4 heterocycles. The van der Waals surface area contributed by atoms with Crippen LogP contribution in [0, 0.1) is 0 Å². The molecule has 0 saturated heterocycles. The maximum Gasteiger partial charge on any atom is 0.0875 e. The van der Waals surface area contributed by atoms with Crippen LogP contribution in [0.1, 0.15) is 34.6 Å². The standard InChI is InChI=1S/C34H32N6/c1-37(2)33(31-29-15-9-21-39(29)27-13-7-5-11-25(27)35-31)23-17-19-24(20-18-23)34(38(3)4)32-30-16-10-22-40(30)28-14-8-6-12-26(28)36-32/h5-22,33-34H,1-4H3. The lowest BCUT2D eigenvalue weighted by atomic mass is 9.95. The second kappa shape index (κ2) is 9.59. The van der Waals surface area contributed by atoms with Crippen LogP contribution >= 0.6 is 0 Å². The molecule has 0 aliphatic rings. The van der Waals surface area contributed by atoms with E-state index in [1.807, 2.05) is 0 Å². The minimum atomic E-state index is 0.00462. The van der Waals surface area contributed by atoms with Crippen molar-refractivity contribution in [1.29, 1.82) is 0 Å². The van der Waals surface area contributed by atoms with Crippen molar-refractivity contribution in [3.05, 3.63) is 132 Å². The average Bonchev–Trinajstić information content (AvgIpc) is 3.65. The molecule has 0 bridgehead atoms. The molecule has 0 radical (unpaired) electrons. The zero-order valence-corrected chi connectivity index (χ0v) is 23.2. The number of rotatable bonds is 6. The summed E-state index contributed by atoms with van der Waals surface area (Å²) in [6.45, 7) is 0. The summed E-state index contributed by atoms with van der Waals surface area (Å²) < 4.78 is 4.50. The van der Waals surface area contributed by atoms with E-state index in [4.69, 9.17) is 9.97 Å². The van der Waals surface area contributed by atoms with Crippen LogP contribution < -0.4 is 0 Å². The first-order chi connectivity index (χ1) is 19.5. The minimum absolute atomic E-state index is 0.00462. The first kappa shape index (κ1) is 24.5. The van der Waals surface area contributed by atoms with E-state index in [1.165, 1.54) is 11.1 Å². The zero-order chi connectivity index (χ0) is 27.4. The fourth-order valence-electron chi connectivity index (χ4n) is 6.16. The van der Waals surface area contributed by atoms with Crippen molar-refractivity contribution in [2.45, 2.75) is 12.1 Å². The molecule has 0 N–H and O–H groups in total. The molecule has 2 atom stereocenters. The van der Waals surface area contributed by atoms with Crippen LogP contribution in [0.5, 0.6) is 0 Å². The van der Waals surface area contributed by atoms with Crippen LogP contribution in [0.15, 0.2) is 109 Å². The summed E-state index contributed by atoms with van der Waals surface area (Å²) in [5, 5.41) is 0. The van der Waals surface area contributed by atoms with Crippen molar-refractivity contribution < 1.29 is 0 Å². The summed E-state index contributed by atoms with van der Waals surface area (Å²) in [6, 6.07) is 34.2. The smallest absolute Gasteiger partial charge is 0.0875 e. The summed E-state index contributed by atoms with van der Waals surface area (Å²) >= 11 is 0. The van der Waals surface area contributed by atoms with Gasteiger partial charge in [0.05, 0.1) is 56.6 Å². The Balaban J connectivity index is 1.34. The lowest BCUT2D eigenvalue weighted by Crippen LogP contribution is -2.24. The summed E-state index contributed by atoms with van der Waals surface area (Å²) in [4.78, 5) is 14.9. The van der Waals surface area contributed by atoms with Crippen LogP contribution in [0.3, 0.4) is 0 Å². The van der Waals surface area contributed by atoms with Gasteiger partial charge in [0.1, 0.15) is 0 Å². The van der Waals surface area contributed by atoms with E-state index in [0.29, 0.717) is 0 Å². The van der Waals surface area contributed by atoms with Crippen LogP contribution in [0.25, 0.3) is 33.1 Å². The Morgan fingerprint density at radius 3 is 1.25 bits per heavy atom. The Bertz CT molecular complexity index is 1830. The highest BCUT2D eigenvalue weighted by atomic mass is 15.1.